The van der Waals surface area contributed by atoms with E-state index < -0.39 is 23.6 Å². The van der Waals surface area contributed by atoms with Crippen LogP contribution in [0.2, 0.25) is 0 Å². The standard InChI is InChI=1S/C24H23ClN2O3/c1-24-13-12-18(25)14-19(24)20(15-30-24)27(23(29)17-10-6-3-7-11-17)21(22(26)28)16-8-4-2-5-9-16/h2-14,19-21H,15H2,1H3,(H2,26,28)/t19?,20-,21-,24?/m1/s1. The zero-order chi connectivity index (χ0) is 21.3. The molecule has 154 valence electrons. The predicted octanol–water partition coefficient (Wildman–Crippen LogP) is 3.82. The number of carbonyl (C=O) groups is 2. The molecule has 0 saturated carbocycles. The van der Waals surface area contributed by atoms with Crippen LogP contribution in [0.15, 0.2) is 83.9 Å². The number of carbonyl (C=O) groups excluding carboxylic acids is 2. The SMILES string of the molecule is CC12C=CC(Cl)=CC1[C@H](N(C(=O)c1ccccc1)[C@@H](C(N)=O)c1ccccc1)CO2. The summed E-state index contributed by atoms with van der Waals surface area (Å²) in [5, 5.41) is 0.579. The van der Waals surface area contributed by atoms with E-state index >= 15 is 0 Å². The zero-order valence-electron chi connectivity index (χ0n) is 16.6. The Balaban J connectivity index is 1.83. The molecule has 2 aromatic carbocycles. The lowest BCUT2D eigenvalue weighted by Gasteiger charge is -2.39. The number of primary amides is 1. The van der Waals surface area contributed by atoms with E-state index in [0.717, 1.165) is 0 Å². The van der Waals surface area contributed by atoms with Crippen LogP contribution in [0.5, 0.6) is 0 Å². The van der Waals surface area contributed by atoms with Crippen molar-refractivity contribution in [3.05, 3.63) is 95.1 Å². The summed E-state index contributed by atoms with van der Waals surface area (Å²) in [7, 11) is 0. The van der Waals surface area contributed by atoms with Crippen LogP contribution in [-0.2, 0) is 9.53 Å². The molecule has 0 bridgehead atoms. The number of nitrogens with two attached hydrogens (primary N) is 1. The van der Waals surface area contributed by atoms with Crippen LogP contribution in [0.25, 0.3) is 0 Å². The maximum Gasteiger partial charge on any atom is 0.255 e. The third kappa shape index (κ3) is 3.66. The van der Waals surface area contributed by atoms with Crippen molar-refractivity contribution < 1.29 is 14.3 Å². The van der Waals surface area contributed by atoms with E-state index in [-0.39, 0.29) is 18.4 Å². The molecule has 2 aromatic rings. The highest BCUT2D eigenvalue weighted by Crippen LogP contribution is 2.43. The van der Waals surface area contributed by atoms with E-state index in [9.17, 15) is 9.59 Å². The van der Waals surface area contributed by atoms with E-state index in [4.69, 9.17) is 22.1 Å². The lowest BCUT2D eigenvalue weighted by Crippen LogP contribution is -2.51. The van der Waals surface area contributed by atoms with E-state index in [2.05, 4.69) is 0 Å². The summed E-state index contributed by atoms with van der Waals surface area (Å²) in [6.07, 6.45) is 5.60. The van der Waals surface area contributed by atoms with Crippen molar-refractivity contribution in [3.8, 4) is 0 Å². The minimum Gasteiger partial charge on any atom is -0.368 e. The highest BCUT2D eigenvalue weighted by molar-refractivity contribution is 6.31. The minimum atomic E-state index is -0.937. The van der Waals surface area contributed by atoms with Gasteiger partial charge in [-0.1, -0.05) is 72.3 Å². The van der Waals surface area contributed by atoms with Gasteiger partial charge in [-0.3, -0.25) is 9.59 Å². The van der Waals surface area contributed by atoms with Crippen molar-refractivity contribution in [1.82, 2.24) is 4.90 Å². The lowest BCUT2D eigenvalue weighted by atomic mass is 9.81. The van der Waals surface area contributed by atoms with Crippen molar-refractivity contribution in [3.63, 3.8) is 0 Å². The van der Waals surface area contributed by atoms with Crippen LogP contribution in [0, 0.1) is 5.92 Å². The van der Waals surface area contributed by atoms with Gasteiger partial charge in [-0.15, -0.1) is 0 Å². The molecule has 1 aliphatic heterocycles. The van der Waals surface area contributed by atoms with Gasteiger partial charge in [0.15, 0.2) is 0 Å². The largest absolute Gasteiger partial charge is 0.368 e. The van der Waals surface area contributed by atoms with Crippen LogP contribution in [0.4, 0.5) is 0 Å². The number of allylic oxidation sites excluding steroid dienone is 2. The number of ether oxygens (including phenoxy) is 1. The van der Waals surface area contributed by atoms with Gasteiger partial charge in [0.05, 0.1) is 18.2 Å². The first-order valence-electron chi connectivity index (χ1n) is 9.83. The van der Waals surface area contributed by atoms with Gasteiger partial charge in [-0.05, 0) is 30.7 Å². The predicted molar refractivity (Wildman–Crippen MR) is 116 cm³/mol. The number of fused-ring (bicyclic) bond motifs is 1. The third-order valence-corrected chi connectivity index (χ3v) is 6.08. The summed E-state index contributed by atoms with van der Waals surface area (Å²) < 4.78 is 6.10. The third-order valence-electron chi connectivity index (χ3n) is 5.83. The topological polar surface area (TPSA) is 72.6 Å². The number of benzene rings is 2. The molecular formula is C24H23ClN2O3. The monoisotopic (exact) mass is 422 g/mol. The average molecular weight is 423 g/mol. The fourth-order valence-electron chi connectivity index (χ4n) is 4.29. The molecule has 1 aliphatic carbocycles. The molecule has 30 heavy (non-hydrogen) atoms. The van der Waals surface area contributed by atoms with E-state index in [0.29, 0.717) is 16.2 Å². The maximum atomic E-state index is 13.7. The fourth-order valence-corrected chi connectivity index (χ4v) is 4.49. The first kappa shape index (κ1) is 20.4. The van der Waals surface area contributed by atoms with Gasteiger partial charge in [-0.25, -0.2) is 0 Å². The second kappa shape index (κ2) is 8.09. The first-order chi connectivity index (χ1) is 14.4. The van der Waals surface area contributed by atoms with Crippen molar-refractivity contribution in [1.29, 1.82) is 0 Å². The Morgan fingerprint density at radius 3 is 2.40 bits per heavy atom. The summed E-state index contributed by atoms with van der Waals surface area (Å²) in [6, 6.07) is 16.7. The Labute approximate surface area is 180 Å². The molecule has 2 amide bonds. The van der Waals surface area contributed by atoms with E-state index in [1.165, 1.54) is 0 Å². The highest BCUT2D eigenvalue weighted by atomic mass is 35.5. The summed E-state index contributed by atoms with van der Waals surface area (Å²) in [5.74, 6) is -1.09. The van der Waals surface area contributed by atoms with Crippen molar-refractivity contribution in [2.75, 3.05) is 6.61 Å². The molecule has 4 atom stereocenters. The van der Waals surface area contributed by atoms with Gasteiger partial charge in [-0.2, -0.15) is 0 Å². The second-order valence-electron chi connectivity index (χ2n) is 7.77. The van der Waals surface area contributed by atoms with Crippen LogP contribution in [0.3, 0.4) is 0 Å². The Bertz CT molecular complexity index is 1010. The Morgan fingerprint density at radius 1 is 1.13 bits per heavy atom. The van der Waals surface area contributed by atoms with Crippen molar-refractivity contribution >= 4 is 23.4 Å². The number of nitrogens with zero attached hydrogens (tertiary/aromatic N) is 1. The minimum absolute atomic E-state index is 0.215. The Kier molecular flexibility index (Phi) is 5.50. The quantitative estimate of drug-likeness (QED) is 0.796. The number of halogens is 1. The molecule has 1 saturated heterocycles. The maximum absolute atomic E-state index is 13.7. The second-order valence-corrected chi connectivity index (χ2v) is 8.20. The molecule has 6 heteroatoms. The summed E-state index contributed by atoms with van der Waals surface area (Å²) in [4.78, 5) is 27.9. The smallest absolute Gasteiger partial charge is 0.255 e. The van der Waals surface area contributed by atoms with Gasteiger partial charge < -0.3 is 15.4 Å². The molecule has 2 unspecified atom stereocenters. The normalized spacial score (nSPS) is 25.9. The number of amides is 2. The van der Waals surface area contributed by atoms with E-state index in [1.54, 1.807) is 47.4 Å². The van der Waals surface area contributed by atoms with Gasteiger partial charge in [0.25, 0.3) is 5.91 Å². The van der Waals surface area contributed by atoms with Crippen molar-refractivity contribution in [2.24, 2.45) is 11.7 Å². The van der Waals surface area contributed by atoms with Crippen molar-refractivity contribution in [2.45, 2.75) is 24.6 Å². The van der Waals surface area contributed by atoms with Gasteiger partial charge in [0, 0.05) is 16.5 Å². The van der Waals surface area contributed by atoms with Gasteiger partial charge in [0.1, 0.15) is 6.04 Å². The lowest BCUT2D eigenvalue weighted by molar-refractivity contribution is -0.123. The molecule has 0 radical (unpaired) electrons. The average Bonchev–Trinajstić information content (AvgIpc) is 3.09. The van der Waals surface area contributed by atoms with Crippen LogP contribution >= 0.6 is 11.6 Å². The Morgan fingerprint density at radius 2 is 1.77 bits per heavy atom. The first-order valence-corrected chi connectivity index (χ1v) is 10.2. The summed E-state index contributed by atoms with van der Waals surface area (Å²) >= 11 is 6.29. The van der Waals surface area contributed by atoms with Crippen LogP contribution in [0.1, 0.15) is 28.9 Å². The molecule has 2 N–H and O–H groups in total. The highest BCUT2D eigenvalue weighted by Gasteiger charge is 2.51. The number of hydrogen-bond donors (Lipinski definition) is 1. The molecule has 0 aromatic heterocycles. The molecule has 2 aliphatic rings. The zero-order valence-corrected chi connectivity index (χ0v) is 17.3. The molecule has 1 heterocycles. The fraction of sp³-hybridized carbons (Fsp3) is 0.250. The van der Waals surface area contributed by atoms with Gasteiger partial charge in [0.2, 0.25) is 5.91 Å². The number of rotatable bonds is 5. The van der Waals surface area contributed by atoms with Crippen LogP contribution < -0.4 is 5.73 Å². The molecule has 1 fully saturated rings. The Hall–Kier alpha value is -2.89. The molecule has 0 spiro atoms. The van der Waals surface area contributed by atoms with Gasteiger partial charge >= 0.3 is 0 Å². The van der Waals surface area contributed by atoms with E-state index in [1.807, 2.05) is 43.3 Å². The summed E-state index contributed by atoms with van der Waals surface area (Å²) in [6.45, 7) is 2.22. The molecule has 5 nitrogen and oxygen atoms in total. The molecule has 4 rings (SSSR count). The summed E-state index contributed by atoms with van der Waals surface area (Å²) in [5.41, 5.74) is 6.38. The molecular weight excluding hydrogens is 400 g/mol. The van der Waals surface area contributed by atoms with Crippen LogP contribution in [-0.4, -0.2) is 35.0 Å². The number of hydrogen-bond acceptors (Lipinski definition) is 3.